The zero-order chi connectivity index (χ0) is 5.86. The van der Waals surface area contributed by atoms with Crippen LogP contribution in [-0.4, -0.2) is 22.2 Å². The number of aliphatic carboxylic acids is 2. The average molecular weight is 472 g/mol. The molecule has 0 aliphatic rings. The van der Waals surface area contributed by atoms with Crippen molar-refractivity contribution in [2.75, 3.05) is 0 Å². The summed E-state index contributed by atoms with van der Waals surface area (Å²) < 4.78 is 0. The third kappa shape index (κ3) is 17.8. The number of hydrogen-bond donors (Lipinski definition) is 2. The van der Waals surface area contributed by atoms with E-state index in [2.05, 4.69) is 0 Å². The Bertz CT molecular complexity index is 90.0. The van der Waals surface area contributed by atoms with Gasteiger partial charge in [0.2, 0.25) is 0 Å². The third-order valence-corrected chi connectivity index (χ3v) is 0.302. The SMILES string of the molecule is O=C(O)CC(=O)O.[W].[W]. The smallest absolute Gasteiger partial charge is 0.314 e. The summed E-state index contributed by atoms with van der Waals surface area (Å²) in [5.41, 5.74) is 0. The minimum absolute atomic E-state index is 0. The maximum absolute atomic E-state index is 9.43. The van der Waals surface area contributed by atoms with Crippen LogP contribution in [0.1, 0.15) is 6.42 Å². The van der Waals surface area contributed by atoms with Gasteiger partial charge in [-0.05, 0) is 0 Å². The summed E-state index contributed by atoms with van der Waals surface area (Å²) in [7, 11) is 0. The molecular formula is C3H4O4W2. The molecule has 0 aliphatic heterocycles. The molecule has 0 amide bonds. The summed E-state index contributed by atoms with van der Waals surface area (Å²) >= 11 is 0. The summed E-state index contributed by atoms with van der Waals surface area (Å²) in [4.78, 5) is 18.9. The second kappa shape index (κ2) is 8.32. The van der Waals surface area contributed by atoms with Gasteiger partial charge >= 0.3 is 11.9 Å². The van der Waals surface area contributed by atoms with Gasteiger partial charge in [-0.25, -0.2) is 0 Å². The number of rotatable bonds is 2. The molecule has 0 fully saturated rings. The van der Waals surface area contributed by atoms with Crippen molar-refractivity contribution in [3.05, 3.63) is 0 Å². The van der Waals surface area contributed by atoms with E-state index < -0.39 is 18.4 Å². The normalized spacial score (nSPS) is 6.22. The van der Waals surface area contributed by atoms with Crippen LogP contribution in [-0.2, 0) is 51.7 Å². The number of hydrogen-bond acceptors (Lipinski definition) is 2. The van der Waals surface area contributed by atoms with Gasteiger partial charge < -0.3 is 10.2 Å². The molecule has 0 aromatic heterocycles. The average Bonchev–Trinajstić information content (AvgIpc) is 1.27. The van der Waals surface area contributed by atoms with E-state index >= 15 is 0 Å². The van der Waals surface area contributed by atoms with Crippen molar-refractivity contribution in [1.82, 2.24) is 0 Å². The van der Waals surface area contributed by atoms with Crippen LogP contribution in [0, 0.1) is 0 Å². The first kappa shape index (κ1) is 16.2. The minimum atomic E-state index is -1.31. The van der Waals surface area contributed by atoms with E-state index in [0.717, 1.165) is 0 Å². The molecule has 4 nitrogen and oxygen atoms in total. The predicted octanol–water partition coefficient (Wildman–Crippen LogP) is -0.459. The minimum Gasteiger partial charge on any atom is -0.481 e. The van der Waals surface area contributed by atoms with Crippen LogP contribution in [0.25, 0.3) is 0 Å². The van der Waals surface area contributed by atoms with Gasteiger partial charge in [0.05, 0.1) is 0 Å². The van der Waals surface area contributed by atoms with Gasteiger partial charge in [0, 0.05) is 42.1 Å². The van der Waals surface area contributed by atoms with Crippen molar-refractivity contribution in [3.8, 4) is 0 Å². The summed E-state index contributed by atoms with van der Waals surface area (Å²) in [6.07, 6.45) is -0.806. The fourth-order valence-electron chi connectivity index (χ4n) is 0.129. The number of carboxylic acids is 2. The Balaban J connectivity index is -0.000000180. The van der Waals surface area contributed by atoms with Crippen LogP contribution in [0.15, 0.2) is 0 Å². The number of carbonyl (C=O) groups is 2. The molecule has 0 saturated carbocycles. The van der Waals surface area contributed by atoms with E-state index in [1.54, 1.807) is 0 Å². The maximum Gasteiger partial charge on any atom is 0.314 e. The van der Waals surface area contributed by atoms with Crippen molar-refractivity contribution < 1.29 is 61.9 Å². The molecule has 0 aromatic rings. The van der Waals surface area contributed by atoms with Gasteiger partial charge in [0.15, 0.2) is 0 Å². The summed E-state index contributed by atoms with van der Waals surface area (Å²) in [5, 5.41) is 15.4. The molecule has 0 radical (unpaired) electrons. The van der Waals surface area contributed by atoms with E-state index in [0.29, 0.717) is 0 Å². The van der Waals surface area contributed by atoms with Gasteiger partial charge in [-0.1, -0.05) is 0 Å². The fourth-order valence-corrected chi connectivity index (χ4v) is 0.129. The standard InChI is InChI=1S/C3H4O4.2W/c4-2(5)1-3(6)7;;/h1H2,(H,4,5)(H,6,7);;. The molecule has 0 aromatic carbocycles. The van der Waals surface area contributed by atoms with Gasteiger partial charge in [0.1, 0.15) is 6.42 Å². The summed E-state index contributed by atoms with van der Waals surface area (Å²) in [5.74, 6) is -2.62. The summed E-state index contributed by atoms with van der Waals surface area (Å²) in [6.45, 7) is 0. The topological polar surface area (TPSA) is 74.6 Å². The van der Waals surface area contributed by atoms with Crippen LogP contribution >= 0.6 is 0 Å². The molecule has 6 heteroatoms. The Morgan fingerprint density at radius 3 is 1.22 bits per heavy atom. The Labute approximate surface area is 80.2 Å². The quantitative estimate of drug-likeness (QED) is 0.535. The monoisotopic (exact) mass is 472 g/mol. The predicted molar refractivity (Wildman–Crippen MR) is 19.9 cm³/mol. The van der Waals surface area contributed by atoms with Crippen molar-refractivity contribution in [1.29, 1.82) is 0 Å². The van der Waals surface area contributed by atoms with Crippen molar-refractivity contribution in [3.63, 3.8) is 0 Å². The van der Waals surface area contributed by atoms with Crippen LogP contribution in [0.4, 0.5) is 0 Å². The van der Waals surface area contributed by atoms with Crippen LogP contribution in [0.5, 0.6) is 0 Å². The fraction of sp³-hybridized carbons (Fsp3) is 0.333. The molecule has 52 valence electrons. The Kier molecular flexibility index (Phi) is 14.9. The molecule has 9 heavy (non-hydrogen) atoms. The Morgan fingerprint density at radius 2 is 1.22 bits per heavy atom. The van der Waals surface area contributed by atoms with E-state index in [1.807, 2.05) is 0 Å². The number of carboxylic acid groups (broad SMARTS) is 2. The van der Waals surface area contributed by atoms with Crippen LogP contribution in [0.3, 0.4) is 0 Å². The van der Waals surface area contributed by atoms with Gasteiger partial charge in [-0.15, -0.1) is 0 Å². The van der Waals surface area contributed by atoms with Crippen molar-refractivity contribution in [2.45, 2.75) is 6.42 Å². The van der Waals surface area contributed by atoms with Crippen LogP contribution in [0.2, 0.25) is 0 Å². The molecule has 0 spiro atoms. The second-order valence-electron chi connectivity index (χ2n) is 0.964. The molecule has 0 unspecified atom stereocenters. The second-order valence-corrected chi connectivity index (χ2v) is 0.964. The molecule has 0 atom stereocenters. The van der Waals surface area contributed by atoms with Gasteiger partial charge in [0.25, 0.3) is 0 Å². The van der Waals surface area contributed by atoms with Crippen LogP contribution < -0.4 is 0 Å². The van der Waals surface area contributed by atoms with Crippen molar-refractivity contribution >= 4 is 11.9 Å². The Morgan fingerprint density at radius 1 is 1.00 bits per heavy atom. The molecular weight excluding hydrogens is 468 g/mol. The third-order valence-electron chi connectivity index (χ3n) is 0.302. The van der Waals surface area contributed by atoms with E-state index in [-0.39, 0.29) is 42.1 Å². The van der Waals surface area contributed by atoms with E-state index in [9.17, 15) is 9.59 Å². The largest absolute Gasteiger partial charge is 0.481 e. The Hall–Kier alpha value is 0.317. The van der Waals surface area contributed by atoms with E-state index in [1.165, 1.54) is 0 Å². The first-order chi connectivity index (χ1) is 3.13. The summed E-state index contributed by atoms with van der Waals surface area (Å²) in [6, 6.07) is 0. The zero-order valence-corrected chi connectivity index (χ0v) is 10.1. The molecule has 0 heterocycles. The van der Waals surface area contributed by atoms with Gasteiger partial charge in [-0.2, -0.15) is 0 Å². The molecule has 0 rings (SSSR count). The van der Waals surface area contributed by atoms with Crippen molar-refractivity contribution in [2.24, 2.45) is 0 Å². The van der Waals surface area contributed by atoms with E-state index in [4.69, 9.17) is 10.2 Å². The van der Waals surface area contributed by atoms with Gasteiger partial charge in [-0.3, -0.25) is 9.59 Å². The molecule has 0 saturated heterocycles. The molecule has 0 bridgehead atoms. The zero-order valence-electron chi connectivity index (χ0n) is 4.23. The molecule has 0 aliphatic carbocycles. The first-order valence-corrected chi connectivity index (χ1v) is 1.56. The first-order valence-electron chi connectivity index (χ1n) is 1.56. The molecule has 2 N–H and O–H groups in total. The maximum atomic E-state index is 9.43.